The van der Waals surface area contributed by atoms with E-state index in [2.05, 4.69) is 5.32 Å². The van der Waals surface area contributed by atoms with Crippen LogP contribution in [0.25, 0.3) is 0 Å². The van der Waals surface area contributed by atoms with Gasteiger partial charge in [0.25, 0.3) is 11.1 Å². The number of carbonyl (C=O) groups is 4. The smallest absolute Gasteiger partial charge is 0.338 e. The zero-order valence-corrected chi connectivity index (χ0v) is 14.9. The molecule has 1 heterocycles. The van der Waals surface area contributed by atoms with Gasteiger partial charge in [0.05, 0.1) is 17.1 Å². The molecule has 0 saturated carbocycles. The summed E-state index contributed by atoms with van der Waals surface area (Å²) in [5.41, 5.74) is 1.56. The largest absolute Gasteiger partial charge is 0.462 e. The van der Waals surface area contributed by atoms with Gasteiger partial charge in [-0.05, 0) is 56.8 Å². The summed E-state index contributed by atoms with van der Waals surface area (Å²) in [6.45, 7) is 5.11. The predicted molar refractivity (Wildman–Crippen MR) is 94.1 cm³/mol. The van der Waals surface area contributed by atoms with Crippen molar-refractivity contribution in [1.82, 2.24) is 4.90 Å². The van der Waals surface area contributed by atoms with Gasteiger partial charge in [0.1, 0.15) is 6.54 Å². The van der Waals surface area contributed by atoms with Crippen LogP contribution in [0.1, 0.15) is 31.1 Å². The van der Waals surface area contributed by atoms with Crippen molar-refractivity contribution < 1.29 is 23.9 Å². The maximum Gasteiger partial charge on any atom is 0.338 e. The van der Waals surface area contributed by atoms with Crippen molar-refractivity contribution in [3.8, 4) is 0 Å². The van der Waals surface area contributed by atoms with Gasteiger partial charge in [0.15, 0.2) is 0 Å². The van der Waals surface area contributed by atoms with Gasteiger partial charge < -0.3 is 10.1 Å². The summed E-state index contributed by atoms with van der Waals surface area (Å²) in [7, 11) is 0. The number of esters is 1. The van der Waals surface area contributed by atoms with E-state index in [9.17, 15) is 19.2 Å². The van der Waals surface area contributed by atoms with Crippen LogP contribution < -0.4 is 5.32 Å². The molecule has 1 aliphatic rings. The zero-order valence-electron chi connectivity index (χ0n) is 14.1. The summed E-state index contributed by atoms with van der Waals surface area (Å²) in [5, 5.41) is 2.13. The van der Waals surface area contributed by atoms with E-state index in [-0.39, 0.29) is 13.2 Å². The molecule has 3 amide bonds. The molecule has 1 N–H and O–H groups in total. The van der Waals surface area contributed by atoms with E-state index in [1.807, 2.05) is 0 Å². The second-order valence-electron chi connectivity index (χ2n) is 5.43. The average Bonchev–Trinajstić information content (AvgIpc) is 2.84. The lowest BCUT2D eigenvalue weighted by atomic mass is 10.2. The van der Waals surface area contributed by atoms with E-state index in [1.165, 1.54) is 12.1 Å². The molecule has 0 unspecified atom stereocenters. The molecule has 0 aliphatic carbocycles. The number of amides is 3. The number of ether oxygens (including phenoxy) is 1. The lowest BCUT2D eigenvalue weighted by Crippen LogP contribution is -2.36. The van der Waals surface area contributed by atoms with Gasteiger partial charge in [0, 0.05) is 5.69 Å². The van der Waals surface area contributed by atoms with Crippen molar-refractivity contribution in [3.05, 3.63) is 40.3 Å². The minimum atomic E-state index is -0.499. The molecule has 0 spiro atoms. The summed E-state index contributed by atoms with van der Waals surface area (Å²) < 4.78 is 4.88. The van der Waals surface area contributed by atoms with E-state index in [4.69, 9.17) is 4.74 Å². The highest BCUT2D eigenvalue weighted by atomic mass is 32.2. The lowest BCUT2D eigenvalue weighted by Gasteiger charge is -2.12. The number of benzene rings is 1. The van der Waals surface area contributed by atoms with E-state index in [0.29, 0.717) is 16.2 Å². The van der Waals surface area contributed by atoms with Crippen LogP contribution in [0.15, 0.2) is 34.7 Å². The molecule has 25 heavy (non-hydrogen) atoms. The number of nitrogens with zero attached hydrogens (tertiary/aromatic N) is 1. The number of nitrogens with one attached hydrogen (secondary N) is 1. The van der Waals surface area contributed by atoms with E-state index in [1.54, 1.807) is 32.9 Å². The third kappa shape index (κ3) is 4.48. The standard InChI is InChI=1S/C17H18N2O5S/c1-4-24-16(22)11-5-7-12(8-6-11)18-13(20)9-19-15(21)14(10(2)3)25-17(19)23/h5-8H,4,9H2,1-3H3,(H,18,20). The summed E-state index contributed by atoms with van der Waals surface area (Å²) in [6.07, 6.45) is 0. The van der Waals surface area contributed by atoms with Gasteiger partial charge >= 0.3 is 5.97 Å². The van der Waals surface area contributed by atoms with Crippen LogP contribution in [0.2, 0.25) is 0 Å². The Hall–Kier alpha value is -2.61. The Kier molecular flexibility index (Phi) is 5.97. The van der Waals surface area contributed by atoms with Gasteiger partial charge in [-0.3, -0.25) is 19.3 Å². The third-order valence-electron chi connectivity index (χ3n) is 3.28. The number of anilines is 1. The molecule has 0 atom stereocenters. The van der Waals surface area contributed by atoms with Crippen molar-refractivity contribution in [1.29, 1.82) is 0 Å². The van der Waals surface area contributed by atoms with Gasteiger partial charge in [-0.2, -0.15) is 0 Å². The van der Waals surface area contributed by atoms with Crippen molar-refractivity contribution in [2.24, 2.45) is 0 Å². The van der Waals surface area contributed by atoms with Gasteiger partial charge in [0.2, 0.25) is 5.91 Å². The Morgan fingerprint density at radius 2 is 1.80 bits per heavy atom. The Morgan fingerprint density at radius 3 is 2.32 bits per heavy atom. The first kappa shape index (κ1) is 18.7. The molecule has 1 fully saturated rings. The third-order valence-corrected chi connectivity index (χ3v) is 4.47. The first-order valence-corrected chi connectivity index (χ1v) is 8.43. The van der Waals surface area contributed by atoms with Gasteiger partial charge in [-0.25, -0.2) is 4.79 Å². The van der Waals surface area contributed by atoms with E-state index >= 15 is 0 Å². The molecule has 0 aromatic heterocycles. The van der Waals surface area contributed by atoms with Gasteiger partial charge in [-0.1, -0.05) is 5.57 Å². The van der Waals surface area contributed by atoms with E-state index in [0.717, 1.165) is 22.2 Å². The Balaban J connectivity index is 1.99. The molecule has 1 aromatic carbocycles. The second-order valence-corrected chi connectivity index (χ2v) is 6.40. The highest BCUT2D eigenvalue weighted by Gasteiger charge is 2.36. The first-order valence-electron chi connectivity index (χ1n) is 7.61. The quantitative estimate of drug-likeness (QED) is 0.639. The van der Waals surface area contributed by atoms with E-state index < -0.39 is 23.0 Å². The lowest BCUT2D eigenvalue weighted by molar-refractivity contribution is -0.127. The number of carbonyl (C=O) groups excluding carboxylic acids is 4. The van der Waals surface area contributed by atoms with Crippen LogP contribution in [-0.4, -0.2) is 41.1 Å². The summed E-state index contributed by atoms with van der Waals surface area (Å²) >= 11 is 0.834. The monoisotopic (exact) mass is 362 g/mol. The summed E-state index contributed by atoms with van der Waals surface area (Å²) in [6, 6.07) is 6.15. The van der Waals surface area contributed by atoms with Crippen LogP contribution in [-0.2, 0) is 14.3 Å². The normalized spacial score (nSPS) is 13.9. The van der Waals surface area contributed by atoms with Gasteiger partial charge in [-0.15, -0.1) is 0 Å². The molecule has 132 valence electrons. The number of hydrogen-bond donors (Lipinski definition) is 1. The molecule has 0 bridgehead atoms. The molecular weight excluding hydrogens is 344 g/mol. The fourth-order valence-electron chi connectivity index (χ4n) is 2.09. The zero-order chi connectivity index (χ0) is 18.6. The molecule has 1 aliphatic heterocycles. The maximum absolute atomic E-state index is 12.1. The SMILES string of the molecule is CCOC(=O)c1ccc(NC(=O)CN2C(=O)SC(=C(C)C)C2=O)cc1. The van der Waals surface area contributed by atoms with Crippen LogP contribution >= 0.6 is 11.8 Å². The second kappa shape index (κ2) is 7.98. The Labute approximate surface area is 149 Å². The number of imide groups is 1. The van der Waals surface area contributed by atoms with Crippen molar-refractivity contribution in [2.45, 2.75) is 20.8 Å². The topological polar surface area (TPSA) is 92.8 Å². The molecule has 1 saturated heterocycles. The van der Waals surface area contributed by atoms with Crippen LogP contribution in [0, 0.1) is 0 Å². The highest BCUT2D eigenvalue weighted by Crippen LogP contribution is 2.32. The summed E-state index contributed by atoms with van der Waals surface area (Å²) in [5.74, 6) is -1.40. The number of rotatable bonds is 5. The molecule has 1 aromatic rings. The number of thioether (sulfide) groups is 1. The molecule has 8 heteroatoms. The minimum absolute atomic E-state index is 0.279. The number of hydrogen-bond acceptors (Lipinski definition) is 6. The van der Waals surface area contributed by atoms with Crippen molar-refractivity contribution in [2.75, 3.05) is 18.5 Å². The van der Waals surface area contributed by atoms with Crippen LogP contribution in [0.4, 0.5) is 10.5 Å². The molecular formula is C17H18N2O5S. The highest BCUT2D eigenvalue weighted by molar-refractivity contribution is 8.18. The van der Waals surface area contributed by atoms with Crippen molar-refractivity contribution >= 4 is 40.5 Å². The summed E-state index contributed by atoms with van der Waals surface area (Å²) in [4.78, 5) is 48.9. The molecule has 2 rings (SSSR count). The minimum Gasteiger partial charge on any atom is -0.462 e. The van der Waals surface area contributed by atoms with Crippen LogP contribution in [0.5, 0.6) is 0 Å². The molecule has 7 nitrogen and oxygen atoms in total. The fraction of sp³-hybridized carbons (Fsp3) is 0.294. The predicted octanol–water partition coefficient (Wildman–Crippen LogP) is 2.79. The maximum atomic E-state index is 12.1. The Morgan fingerprint density at radius 1 is 1.16 bits per heavy atom. The first-order chi connectivity index (χ1) is 11.8. The molecule has 0 radical (unpaired) electrons. The van der Waals surface area contributed by atoms with Crippen LogP contribution in [0.3, 0.4) is 0 Å². The average molecular weight is 362 g/mol. The van der Waals surface area contributed by atoms with Crippen molar-refractivity contribution in [3.63, 3.8) is 0 Å². The number of allylic oxidation sites excluding steroid dienone is 1. The Bertz CT molecular complexity index is 751. The fourth-order valence-corrected chi connectivity index (χ4v) is 2.93.